The van der Waals surface area contributed by atoms with E-state index in [1.807, 2.05) is 13.0 Å². The Kier molecular flexibility index (Phi) is 3.72. The van der Waals surface area contributed by atoms with E-state index in [1.54, 1.807) is 18.2 Å². The van der Waals surface area contributed by atoms with Gasteiger partial charge in [-0.3, -0.25) is 0 Å². The molecule has 0 aliphatic rings. The summed E-state index contributed by atoms with van der Waals surface area (Å²) >= 11 is 5.72. The van der Waals surface area contributed by atoms with Crippen molar-refractivity contribution in [2.45, 2.75) is 6.92 Å². The van der Waals surface area contributed by atoms with E-state index in [4.69, 9.17) is 16.3 Å². The van der Waals surface area contributed by atoms with Gasteiger partial charge in [0, 0.05) is 11.6 Å². The Labute approximate surface area is 110 Å². The topological polar surface area (TPSA) is 29.5 Å². The SMILES string of the molecule is CCOc1cccc(-c2cc(Cl)c(F)cc2O)c1. The van der Waals surface area contributed by atoms with Crippen molar-refractivity contribution in [3.8, 4) is 22.6 Å². The summed E-state index contributed by atoms with van der Waals surface area (Å²) in [6, 6.07) is 9.59. The van der Waals surface area contributed by atoms with Crippen molar-refractivity contribution < 1.29 is 14.2 Å². The number of benzene rings is 2. The Hall–Kier alpha value is -1.74. The maximum atomic E-state index is 13.2. The van der Waals surface area contributed by atoms with Gasteiger partial charge in [0.2, 0.25) is 0 Å². The predicted molar refractivity (Wildman–Crippen MR) is 69.7 cm³/mol. The Morgan fingerprint density at radius 1 is 1.28 bits per heavy atom. The quantitative estimate of drug-likeness (QED) is 0.900. The van der Waals surface area contributed by atoms with Gasteiger partial charge in [0.05, 0.1) is 11.6 Å². The molecule has 2 nitrogen and oxygen atoms in total. The molecular weight excluding hydrogens is 255 g/mol. The summed E-state index contributed by atoms with van der Waals surface area (Å²) in [7, 11) is 0. The minimum absolute atomic E-state index is 0.0235. The minimum Gasteiger partial charge on any atom is -0.507 e. The van der Waals surface area contributed by atoms with Crippen LogP contribution in [0.1, 0.15) is 6.92 Å². The van der Waals surface area contributed by atoms with Crippen molar-refractivity contribution in [3.63, 3.8) is 0 Å². The maximum absolute atomic E-state index is 13.2. The van der Waals surface area contributed by atoms with Crippen molar-refractivity contribution in [2.24, 2.45) is 0 Å². The fourth-order valence-electron chi connectivity index (χ4n) is 1.69. The molecule has 94 valence electrons. The van der Waals surface area contributed by atoms with Crippen LogP contribution >= 0.6 is 11.6 Å². The van der Waals surface area contributed by atoms with Gasteiger partial charge in [0.15, 0.2) is 0 Å². The summed E-state index contributed by atoms with van der Waals surface area (Å²) < 4.78 is 18.5. The molecule has 0 atom stereocenters. The Morgan fingerprint density at radius 3 is 2.78 bits per heavy atom. The summed E-state index contributed by atoms with van der Waals surface area (Å²) in [5.41, 5.74) is 1.20. The summed E-state index contributed by atoms with van der Waals surface area (Å²) in [6.45, 7) is 2.44. The van der Waals surface area contributed by atoms with Crippen LogP contribution in [0, 0.1) is 5.82 Å². The average Bonchev–Trinajstić information content (AvgIpc) is 2.34. The number of phenols is 1. The first-order valence-electron chi connectivity index (χ1n) is 5.53. The minimum atomic E-state index is -0.640. The second-order valence-electron chi connectivity index (χ2n) is 3.74. The molecule has 0 bridgehead atoms. The molecule has 2 aromatic rings. The number of hydrogen-bond donors (Lipinski definition) is 1. The molecule has 1 N–H and O–H groups in total. The molecule has 2 aromatic carbocycles. The molecular formula is C14H12ClFO2. The smallest absolute Gasteiger partial charge is 0.145 e. The van der Waals surface area contributed by atoms with E-state index >= 15 is 0 Å². The zero-order valence-corrected chi connectivity index (χ0v) is 10.5. The molecule has 18 heavy (non-hydrogen) atoms. The second kappa shape index (κ2) is 5.27. The largest absolute Gasteiger partial charge is 0.507 e. The highest BCUT2D eigenvalue weighted by molar-refractivity contribution is 6.31. The van der Waals surface area contributed by atoms with E-state index in [0.29, 0.717) is 17.9 Å². The molecule has 2 rings (SSSR count). The third-order valence-corrected chi connectivity index (χ3v) is 2.78. The third-order valence-electron chi connectivity index (χ3n) is 2.49. The zero-order valence-electron chi connectivity index (χ0n) is 9.78. The van der Waals surface area contributed by atoms with E-state index < -0.39 is 5.82 Å². The van der Waals surface area contributed by atoms with Gasteiger partial charge >= 0.3 is 0 Å². The summed E-state index contributed by atoms with van der Waals surface area (Å²) in [5.74, 6) is -0.0979. The number of ether oxygens (including phenoxy) is 1. The van der Waals surface area contributed by atoms with Gasteiger partial charge in [-0.05, 0) is 30.7 Å². The lowest BCUT2D eigenvalue weighted by molar-refractivity contribution is 0.340. The van der Waals surface area contributed by atoms with Crippen molar-refractivity contribution in [2.75, 3.05) is 6.61 Å². The Balaban J connectivity index is 2.48. The first-order chi connectivity index (χ1) is 8.61. The molecule has 4 heteroatoms. The van der Waals surface area contributed by atoms with E-state index in [1.165, 1.54) is 6.07 Å². The highest BCUT2D eigenvalue weighted by Gasteiger charge is 2.10. The molecule has 0 saturated heterocycles. The molecule has 0 radical (unpaired) electrons. The van der Waals surface area contributed by atoms with Crippen LogP contribution in [0.2, 0.25) is 5.02 Å². The zero-order chi connectivity index (χ0) is 13.1. The first kappa shape index (κ1) is 12.7. The van der Waals surface area contributed by atoms with Crippen molar-refractivity contribution in [1.29, 1.82) is 0 Å². The lowest BCUT2D eigenvalue weighted by atomic mass is 10.0. The molecule has 0 amide bonds. The van der Waals surface area contributed by atoms with Gasteiger partial charge in [0.1, 0.15) is 17.3 Å². The van der Waals surface area contributed by atoms with E-state index in [-0.39, 0.29) is 10.8 Å². The average molecular weight is 267 g/mol. The summed E-state index contributed by atoms with van der Waals surface area (Å²) in [6.07, 6.45) is 0. The molecule has 0 aliphatic heterocycles. The number of phenolic OH excluding ortho intramolecular Hbond substituents is 1. The first-order valence-corrected chi connectivity index (χ1v) is 5.91. The van der Waals surface area contributed by atoms with E-state index in [0.717, 1.165) is 11.6 Å². The number of rotatable bonds is 3. The van der Waals surface area contributed by atoms with Gasteiger partial charge in [-0.2, -0.15) is 0 Å². The third kappa shape index (κ3) is 2.57. The number of halogens is 2. The lowest BCUT2D eigenvalue weighted by Gasteiger charge is -2.08. The molecule has 0 spiro atoms. The van der Waals surface area contributed by atoms with Crippen LogP contribution in [-0.4, -0.2) is 11.7 Å². The Morgan fingerprint density at radius 2 is 2.06 bits per heavy atom. The van der Waals surface area contributed by atoms with Crippen LogP contribution in [0.4, 0.5) is 4.39 Å². The summed E-state index contributed by atoms with van der Waals surface area (Å²) in [4.78, 5) is 0. The molecule has 0 heterocycles. The molecule has 0 unspecified atom stereocenters. The van der Waals surface area contributed by atoms with Gasteiger partial charge < -0.3 is 9.84 Å². The van der Waals surface area contributed by atoms with Crippen molar-refractivity contribution in [1.82, 2.24) is 0 Å². The number of aromatic hydroxyl groups is 1. The van der Waals surface area contributed by atoms with Crippen LogP contribution in [0.3, 0.4) is 0 Å². The maximum Gasteiger partial charge on any atom is 0.145 e. The van der Waals surface area contributed by atoms with Gasteiger partial charge in [-0.1, -0.05) is 23.7 Å². The fraction of sp³-hybridized carbons (Fsp3) is 0.143. The van der Waals surface area contributed by atoms with Crippen molar-refractivity contribution >= 4 is 11.6 Å². The fourth-order valence-corrected chi connectivity index (χ4v) is 1.85. The van der Waals surface area contributed by atoms with Gasteiger partial charge in [-0.15, -0.1) is 0 Å². The van der Waals surface area contributed by atoms with E-state index in [9.17, 15) is 9.50 Å². The van der Waals surface area contributed by atoms with Gasteiger partial charge in [-0.25, -0.2) is 4.39 Å². The molecule has 0 aliphatic carbocycles. The molecule has 0 aromatic heterocycles. The van der Waals surface area contributed by atoms with Crippen molar-refractivity contribution in [3.05, 3.63) is 47.2 Å². The standard InChI is InChI=1S/C14H12ClFO2/c1-2-18-10-5-3-4-9(6-10)11-7-12(15)13(16)8-14(11)17/h3-8,17H,2H2,1H3. The summed E-state index contributed by atoms with van der Waals surface area (Å²) in [5, 5.41) is 9.73. The van der Waals surface area contributed by atoms with Crippen LogP contribution < -0.4 is 4.74 Å². The van der Waals surface area contributed by atoms with E-state index in [2.05, 4.69) is 0 Å². The highest BCUT2D eigenvalue weighted by atomic mass is 35.5. The van der Waals surface area contributed by atoms with Crippen LogP contribution in [0.5, 0.6) is 11.5 Å². The van der Waals surface area contributed by atoms with Crippen LogP contribution in [0.15, 0.2) is 36.4 Å². The monoisotopic (exact) mass is 266 g/mol. The van der Waals surface area contributed by atoms with Crippen LogP contribution in [0.25, 0.3) is 11.1 Å². The second-order valence-corrected chi connectivity index (χ2v) is 4.15. The van der Waals surface area contributed by atoms with Crippen LogP contribution in [-0.2, 0) is 0 Å². The normalized spacial score (nSPS) is 10.4. The highest BCUT2D eigenvalue weighted by Crippen LogP contribution is 2.34. The molecule has 0 fully saturated rings. The number of hydrogen-bond acceptors (Lipinski definition) is 2. The molecule has 0 saturated carbocycles. The van der Waals surface area contributed by atoms with Gasteiger partial charge in [0.25, 0.3) is 0 Å². The predicted octanol–water partition coefficient (Wildman–Crippen LogP) is 4.25. The Bertz CT molecular complexity index is 570. The lowest BCUT2D eigenvalue weighted by Crippen LogP contribution is -1.91.